The minimum atomic E-state index is -4.73. The highest BCUT2D eigenvalue weighted by atomic mass is 19.4. The lowest BCUT2D eigenvalue weighted by molar-refractivity contribution is -0.137. The van der Waals surface area contributed by atoms with Crippen molar-refractivity contribution in [2.45, 2.75) is 18.3 Å². The number of alkyl halides is 3. The maximum absolute atomic E-state index is 14.8. The van der Waals surface area contributed by atoms with Crippen LogP contribution in [0.1, 0.15) is 16.7 Å². The van der Waals surface area contributed by atoms with E-state index >= 15 is 0 Å². The van der Waals surface area contributed by atoms with Gasteiger partial charge in [-0.1, -0.05) is 18.2 Å². The molecule has 0 radical (unpaired) electrons. The Morgan fingerprint density at radius 2 is 1.67 bits per heavy atom. The van der Waals surface area contributed by atoms with E-state index in [1.54, 1.807) is 15.9 Å². The molecule has 2 heterocycles. The van der Waals surface area contributed by atoms with E-state index in [4.69, 9.17) is 0 Å². The lowest BCUT2D eigenvalue weighted by Crippen LogP contribution is -2.52. The zero-order chi connectivity index (χ0) is 32.2. The number of aliphatic hydroxyl groups is 1. The van der Waals surface area contributed by atoms with Gasteiger partial charge in [0, 0.05) is 61.8 Å². The van der Waals surface area contributed by atoms with E-state index in [1.165, 1.54) is 53.7 Å². The van der Waals surface area contributed by atoms with Crippen LogP contribution < -0.4 is 10.2 Å². The summed E-state index contributed by atoms with van der Waals surface area (Å²) < 4.78 is 85.5. The van der Waals surface area contributed by atoms with Crippen molar-refractivity contribution < 1.29 is 36.2 Å². The van der Waals surface area contributed by atoms with Crippen LogP contribution in [0.5, 0.6) is 0 Å². The van der Waals surface area contributed by atoms with Crippen molar-refractivity contribution in [3.8, 4) is 0 Å². The second kappa shape index (κ2) is 13.1. The number of amides is 1. The van der Waals surface area contributed by atoms with Crippen molar-refractivity contribution in [3.05, 3.63) is 114 Å². The second-order valence-electron chi connectivity index (χ2n) is 10.6. The SMILES string of the molecule is O=C(/C=C/c1cccc(F)c1)Nc1ccc(N2CCN(CC(O)(Cn3cncn3)c3ccc(F)cc3F)CC2)c(C(F)(F)F)c1. The number of carbonyl (C=O) groups is 1. The monoisotopic (exact) mass is 630 g/mol. The van der Waals surface area contributed by atoms with Crippen LogP contribution >= 0.6 is 0 Å². The molecular weight excluding hydrogens is 602 g/mol. The molecule has 1 aromatic heterocycles. The number of carbonyl (C=O) groups excluding carboxylic acids is 1. The summed E-state index contributed by atoms with van der Waals surface area (Å²) in [6.07, 6.45) is 0.295. The molecule has 236 valence electrons. The molecule has 1 amide bonds. The summed E-state index contributed by atoms with van der Waals surface area (Å²) in [5.41, 5.74) is -2.69. The summed E-state index contributed by atoms with van der Waals surface area (Å²) >= 11 is 0. The van der Waals surface area contributed by atoms with Crippen LogP contribution in [0.2, 0.25) is 0 Å². The number of aromatic nitrogens is 3. The molecule has 1 atom stereocenters. The fraction of sp³-hybridized carbons (Fsp3) is 0.258. The van der Waals surface area contributed by atoms with E-state index in [-0.39, 0.29) is 56.2 Å². The van der Waals surface area contributed by atoms with Crippen LogP contribution in [0, 0.1) is 17.5 Å². The average molecular weight is 631 g/mol. The summed E-state index contributed by atoms with van der Waals surface area (Å²) in [7, 11) is 0. The third-order valence-corrected chi connectivity index (χ3v) is 7.37. The predicted octanol–water partition coefficient (Wildman–Crippen LogP) is 5.08. The van der Waals surface area contributed by atoms with Crippen molar-refractivity contribution >= 4 is 23.4 Å². The summed E-state index contributed by atoms with van der Waals surface area (Å²) in [5, 5.41) is 18.0. The molecule has 1 unspecified atom stereocenters. The number of nitrogens with one attached hydrogen (secondary N) is 1. The molecular formula is C31H28F6N6O2. The number of hydrogen-bond acceptors (Lipinski definition) is 6. The molecule has 14 heteroatoms. The number of rotatable bonds is 9. The quantitative estimate of drug-likeness (QED) is 0.198. The van der Waals surface area contributed by atoms with Gasteiger partial charge >= 0.3 is 6.18 Å². The minimum Gasteiger partial charge on any atom is -0.382 e. The Balaban J connectivity index is 1.28. The highest BCUT2D eigenvalue weighted by Gasteiger charge is 2.38. The van der Waals surface area contributed by atoms with Gasteiger partial charge in [0.1, 0.15) is 35.7 Å². The standard InChI is InChI=1S/C31H28F6N6O2/c32-22-3-1-2-21(14-22)4-9-29(44)40-24-6-8-28(26(16-24)31(35,36)37)42-12-10-41(11-13-42)17-30(45,18-43-20-38-19-39-43)25-7-5-23(33)15-27(25)34/h1-9,14-16,19-20,45H,10-13,17-18H2,(H,40,44)/b9-4+. The Hall–Kier alpha value is -4.69. The highest BCUT2D eigenvalue weighted by molar-refractivity contribution is 6.02. The van der Waals surface area contributed by atoms with Crippen molar-refractivity contribution in [2.24, 2.45) is 0 Å². The summed E-state index contributed by atoms with van der Waals surface area (Å²) in [4.78, 5) is 19.5. The summed E-state index contributed by atoms with van der Waals surface area (Å²) in [6, 6.07) is 11.8. The van der Waals surface area contributed by atoms with Crippen molar-refractivity contribution in [3.63, 3.8) is 0 Å². The van der Waals surface area contributed by atoms with Gasteiger partial charge in [-0.15, -0.1) is 0 Å². The third-order valence-electron chi connectivity index (χ3n) is 7.37. The molecule has 1 aliphatic rings. The maximum Gasteiger partial charge on any atom is 0.418 e. The molecule has 1 saturated heterocycles. The molecule has 0 aliphatic carbocycles. The first-order chi connectivity index (χ1) is 21.4. The first-order valence-electron chi connectivity index (χ1n) is 13.8. The third kappa shape index (κ3) is 7.88. The van der Waals surface area contributed by atoms with Gasteiger partial charge < -0.3 is 15.3 Å². The van der Waals surface area contributed by atoms with Crippen molar-refractivity contribution in [1.82, 2.24) is 19.7 Å². The molecule has 3 aromatic carbocycles. The number of anilines is 2. The number of benzene rings is 3. The van der Waals surface area contributed by atoms with E-state index in [0.29, 0.717) is 11.6 Å². The van der Waals surface area contributed by atoms with Gasteiger partial charge in [0.2, 0.25) is 5.91 Å². The molecule has 0 bridgehead atoms. The molecule has 1 fully saturated rings. The summed E-state index contributed by atoms with van der Waals surface area (Å²) in [6.45, 7) is 0.446. The molecule has 1 aliphatic heterocycles. The van der Waals surface area contributed by atoms with E-state index in [1.807, 2.05) is 0 Å². The van der Waals surface area contributed by atoms with Gasteiger partial charge in [-0.2, -0.15) is 18.3 Å². The fourth-order valence-corrected chi connectivity index (χ4v) is 5.27. The minimum absolute atomic E-state index is 0.0712. The van der Waals surface area contributed by atoms with Crippen molar-refractivity contribution in [2.75, 3.05) is 42.9 Å². The van der Waals surface area contributed by atoms with E-state index in [2.05, 4.69) is 15.4 Å². The molecule has 4 aromatic rings. The fourth-order valence-electron chi connectivity index (χ4n) is 5.27. The largest absolute Gasteiger partial charge is 0.418 e. The molecule has 0 spiro atoms. The van der Waals surface area contributed by atoms with Crippen LogP contribution in [0.25, 0.3) is 6.08 Å². The zero-order valence-corrected chi connectivity index (χ0v) is 23.7. The van der Waals surface area contributed by atoms with Gasteiger partial charge in [-0.25, -0.2) is 22.8 Å². The number of hydrogen-bond donors (Lipinski definition) is 2. The first kappa shape index (κ1) is 31.7. The Morgan fingerprint density at radius 1 is 0.911 bits per heavy atom. The number of β-amino-alcohol motifs (C(OH)–C–C–N with tert-alkyl or cyclic N) is 1. The Kier molecular flexibility index (Phi) is 9.25. The molecule has 8 nitrogen and oxygen atoms in total. The van der Waals surface area contributed by atoms with Gasteiger partial charge in [0.05, 0.1) is 12.1 Å². The van der Waals surface area contributed by atoms with Crippen LogP contribution in [0.4, 0.5) is 37.7 Å². The Morgan fingerprint density at radius 3 is 2.33 bits per heavy atom. The topological polar surface area (TPSA) is 86.5 Å². The Labute approximate surface area is 254 Å². The second-order valence-corrected chi connectivity index (χ2v) is 10.6. The van der Waals surface area contributed by atoms with Gasteiger partial charge in [-0.05, 0) is 48.0 Å². The summed E-state index contributed by atoms with van der Waals surface area (Å²) in [5.74, 6) is -2.93. The average Bonchev–Trinajstić information content (AvgIpc) is 3.49. The van der Waals surface area contributed by atoms with E-state index in [0.717, 1.165) is 24.3 Å². The first-order valence-corrected chi connectivity index (χ1v) is 13.8. The van der Waals surface area contributed by atoms with Crippen LogP contribution in [0.3, 0.4) is 0 Å². The van der Waals surface area contributed by atoms with Crippen LogP contribution in [-0.4, -0.2) is 63.4 Å². The normalized spacial score (nSPS) is 15.8. The van der Waals surface area contributed by atoms with Crippen LogP contribution in [0.15, 0.2) is 79.4 Å². The predicted molar refractivity (Wildman–Crippen MR) is 154 cm³/mol. The maximum atomic E-state index is 14.8. The smallest absolute Gasteiger partial charge is 0.382 e. The van der Waals surface area contributed by atoms with Gasteiger partial charge in [0.15, 0.2) is 0 Å². The number of nitrogens with zero attached hydrogens (tertiary/aromatic N) is 5. The highest BCUT2D eigenvalue weighted by Crippen LogP contribution is 2.39. The van der Waals surface area contributed by atoms with E-state index < -0.39 is 40.7 Å². The van der Waals surface area contributed by atoms with Crippen molar-refractivity contribution in [1.29, 1.82) is 0 Å². The number of halogens is 6. The number of piperazine rings is 1. The molecule has 2 N–H and O–H groups in total. The van der Waals surface area contributed by atoms with Gasteiger partial charge in [-0.3, -0.25) is 9.69 Å². The molecule has 0 saturated carbocycles. The molecule has 5 rings (SSSR count). The van der Waals surface area contributed by atoms with Crippen LogP contribution in [-0.2, 0) is 23.1 Å². The lowest BCUT2D eigenvalue weighted by atomic mass is 9.92. The zero-order valence-electron chi connectivity index (χ0n) is 23.7. The Bertz CT molecular complexity index is 1670. The molecule has 45 heavy (non-hydrogen) atoms. The lowest BCUT2D eigenvalue weighted by Gasteiger charge is -2.41. The van der Waals surface area contributed by atoms with E-state index in [9.17, 15) is 36.2 Å². The van der Waals surface area contributed by atoms with Gasteiger partial charge in [0.25, 0.3) is 0 Å².